The van der Waals surface area contributed by atoms with E-state index in [4.69, 9.17) is 4.74 Å². The highest BCUT2D eigenvalue weighted by Crippen LogP contribution is 2.35. The highest BCUT2D eigenvalue weighted by Gasteiger charge is 2.13. The van der Waals surface area contributed by atoms with Crippen molar-refractivity contribution in [1.82, 2.24) is 4.90 Å². The van der Waals surface area contributed by atoms with Gasteiger partial charge in [-0.15, -0.1) is 0 Å². The van der Waals surface area contributed by atoms with E-state index in [-0.39, 0.29) is 0 Å². The molecule has 0 amide bonds. The van der Waals surface area contributed by atoms with Crippen LogP contribution in [0.3, 0.4) is 0 Å². The van der Waals surface area contributed by atoms with Crippen LogP contribution in [0.1, 0.15) is 55.4 Å². The summed E-state index contributed by atoms with van der Waals surface area (Å²) >= 11 is 0. The Morgan fingerprint density at radius 1 is 0.839 bits per heavy atom. The summed E-state index contributed by atoms with van der Waals surface area (Å²) in [6.45, 7) is 8.30. The van der Waals surface area contributed by atoms with E-state index in [0.717, 1.165) is 18.7 Å². The number of benzene rings is 3. The van der Waals surface area contributed by atoms with Crippen LogP contribution in [-0.4, -0.2) is 32.1 Å². The Morgan fingerprint density at radius 3 is 1.97 bits per heavy atom. The summed E-state index contributed by atoms with van der Waals surface area (Å²) in [5.74, 6) is 1.44. The molecule has 0 atom stereocenters. The second-order valence-corrected chi connectivity index (χ2v) is 8.45. The highest BCUT2D eigenvalue weighted by atomic mass is 16.5. The maximum absolute atomic E-state index is 5.90. The molecule has 3 aromatic rings. The second-order valence-electron chi connectivity index (χ2n) is 8.45. The Morgan fingerprint density at radius 2 is 1.42 bits per heavy atom. The monoisotopic (exact) mass is 412 g/mol. The molecule has 0 heterocycles. The normalized spacial score (nSPS) is 12.2. The fourth-order valence-electron chi connectivity index (χ4n) is 3.73. The molecule has 0 saturated heterocycles. The van der Waals surface area contributed by atoms with Crippen LogP contribution in [0.15, 0.2) is 72.8 Å². The van der Waals surface area contributed by atoms with Gasteiger partial charge in [0.25, 0.3) is 0 Å². The van der Waals surface area contributed by atoms with Crippen LogP contribution >= 0.6 is 0 Å². The van der Waals surface area contributed by atoms with Crippen LogP contribution in [0.4, 0.5) is 0 Å². The van der Waals surface area contributed by atoms with Gasteiger partial charge in [-0.25, -0.2) is 0 Å². The average molecular weight is 413 g/mol. The van der Waals surface area contributed by atoms with Crippen LogP contribution < -0.4 is 4.74 Å². The number of allylic oxidation sites excluding steroid dienone is 1. The smallest absolute Gasteiger partial charge is 0.119 e. The number of hydrogen-bond donors (Lipinski definition) is 0. The first-order valence-corrected chi connectivity index (χ1v) is 11.2. The minimum atomic E-state index is 0.535. The molecular weight excluding hydrogens is 378 g/mol. The molecule has 2 heteroatoms. The Kier molecular flexibility index (Phi) is 8.08. The summed E-state index contributed by atoms with van der Waals surface area (Å²) in [5, 5.41) is 0. The highest BCUT2D eigenvalue weighted by molar-refractivity contribution is 5.98. The van der Waals surface area contributed by atoms with Gasteiger partial charge < -0.3 is 9.64 Å². The molecule has 0 fully saturated rings. The van der Waals surface area contributed by atoms with Gasteiger partial charge in [-0.05, 0) is 78.0 Å². The lowest BCUT2D eigenvalue weighted by molar-refractivity contribution is 0.261. The third-order valence-corrected chi connectivity index (χ3v) is 5.54. The minimum absolute atomic E-state index is 0.535. The Balaban J connectivity index is 2.01. The topological polar surface area (TPSA) is 12.5 Å². The van der Waals surface area contributed by atoms with Gasteiger partial charge in [0.05, 0.1) is 0 Å². The van der Waals surface area contributed by atoms with Crippen molar-refractivity contribution in [3.05, 3.63) is 101 Å². The molecule has 161 valence electrons. The summed E-state index contributed by atoms with van der Waals surface area (Å²) in [7, 11) is 4.11. The molecule has 0 bridgehead atoms. The Hall–Kier alpha value is -2.84. The van der Waals surface area contributed by atoms with Crippen molar-refractivity contribution in [2.45, 2.75) is 33.1 Å². The lowest BCUT2D eigenvalue weighted by atomic mass is 9.87. The zero-order valence-corrected chi connectivity index (χ0v) is 19.5. The van der Waals surface area contributed by atoms with E-state index in [9.17, 15) is 0 Å². The molecule has 0 aromatic heterocycles. The van der Waals surface area contributed by atoms with Gasteiger partial charge in [0.1, 0.15) is 12.4 Å². The SMILES string of the molecule is CCC(=C(c1cc[c]cc1)c1ccc(OCCN(C)C)cc1)c1ccc(C(C)C)cc1. The molecule has 0 spiro atoms. The van der Waals surface area contributed by atoms with Crippen molar-refractivity contribution in [3.63, 3.8) is 0 Å². The van der Waals surface area contributed by atoms with Crippen LogP contribution in [0.2, 0.25) is 0 Å². The van der Waals surface area contributed by atoms with Crippen LogP contribution in [0.25, 0.3) is 11.1 Å². The summed E-state index contributed by atoms with van der Waals surface area (Å²) < 4.78 is 5.90. The van der Waals surface area contributed by atoms with Gasteiger partial charge in [-0.3, -0.25) is 0 Å². The first-order valence-electron chi connectivity index (χ1n) is 11.2. The fourth-order valence-corrected chi connectivity index (χ4v) is 3.73. The molecule has 0 unspecified atom stereocenters. The Bertz CT molecular complexity index is 968. The minimum Gasteiger partial charge on any atom is -0.492 e. The van der Waals surface area contributed by atoms with E-state index >= 15 is 0 Å². The standard InChI is InChI=1S/C29H34NO/c1-6-28(24-14-12-23(13-15-24)22(2)3)29(25-10-8-7-9-11-25)26-16-18-27(19-17-26)31-21-20-30(4)5/h8-19,22H,6,20-21H2,1-5H3. The molecule has 0 aliphatic heterocycles. The molecule has 2 nitrogen and oxygen atoms in total. The molecule has 0 N–H and O–H groups in total. The van der Waals surface area contributed by atoms with Crippen molar-refractivity contribution in [2.75, 3.05) is 27.2 Å². The first kappa shape index (κ1) is 22.8. The number of nitrogens with zero attached hydrogens (tertiary/aromatic N) is 1. The molecule has 3 aromatic carbocycles. The van der Waals surface area contributed by atoms with Gasteiger partial charge in [0.15, 0.2) is 0 Å². The van der Waals surface area contributed by atoms with E-state index in [1.165, 1.54) is 33.4 Å². The van der Waals surface area contributed by atoms with E-state index in [2.05, 4.69) is 106 Å². The first-order chi connectivity index (χ1) is 15.0. The lowest BCUT2D eigenvalue weighted by Gasteiger charge is -2.17. The molecular formula is C29H34NO. The van der Waals surface area contributed by atoms with E-state index in [1.807, 2.05) is 12.1 Å². The van der Waals surface area contributed by atoms with E-state index in [0.29, 0.717) is 12.5 Å². The zero-order valence-electron chi connectivity index (χ0n) is 19.5. The van der Waals surface area contributed by atoms with Crippen LogP contribution in [0.5, 0.6) is 5.75 Å². The number of rotatable bonds is 9. The second kappa shape index (κ2) is 11.0. The van der Waals surface area contributed by atoms with Gasteiger partial charge >= 0.3 is 0 Å². The third kappa shape index (κ3) is 6.08. The van der Waals surface area contributed by atoms with E-state index in [1.54, 1.807) is 0 Å². The summed E-state index contributed by atoms with van der Waals surface area (Å²) in [6.07, 6.45) is 0.954. The summed E-state index contributed by atoms with van der Waals surface area (Å²) in [5.41, 5.74) is 7.69. The molecule has 1 radical (unpaired) electrons. The number of likely N-dealkylation sites (N-methyl/N-ethyl adjacent to an activating group) is 1. The van der Waals surface area contributed by atoms with Gasteiger partial charge in [0.2, 0.25) is 0 Å². The van der Waals surface area contributed by atoms with E-state index < -0.39 is 0 Å². The predicted octanol–water partition coefficient (Wildman–Crippen LogP) is 6.92. The average Bonchev–Trinajstić information content (AvgIpc) is 2.78. The lowest BCUT2D eigenvalue weighted by Crippen LogP contribution is -2.19. The molecule has 31 heavy (non-hydrogen) atoms. The number of hydrogen-bond acceptors (Lipinski definition) is 2. The maximum atomic E-state index is 5.90. The zero-order chi connectivity index (χ0) is 22.2. The summed E-state index contributed by atoms with van der Waals surface area (Å²) in [4.78, 5) is 2.12. The van der Waals surface area contributed by atoms with Crippen molar-refractivity contribution in [2.24, 2.45) is 0 Å². The quantitative estimate of drug-likeness (QED) is 0.354. The predicted molar refractivity (Wildman–Crippen MR) is 133 cm³/mol. The van der Waals surface area contributed by atoms with Gasteiger partial charge in [-0.2, -0.15) is 0 Å². The maximum Gasteiger partial charge on any atom is 0.119 e. The third-order valence-electron chi connectivity index (χ3n) is 5.54. The largest absolute Gasteiger partial charge is 0.492 e. The van der Waals surface area contributed by atoms with Crippen molar-refractivity contribution >= 4 is 11.1 Å². The fraction of sp³-hybridized carbons (Fsp3) is 0.310. The van der Waals surface area contributed by atoms with Crippen LogP contribution in [-0.2, 0) is 0 Å². The van der Waals surface area contributed by atoms with Crippen molar-refractivity contribution in [3.8, 4) is 5.75 Å². The Labute approximate surface area is 188 Å². The van der Waals surface area contributed by atoms with Crippen molar-refractivity contribution in [1.29, 1.82) is 0 Å². The van der Waals surface area contributed by atoms with Gasteiger partial charge in [0, 0.05) is 6.54 Å². The molecule has 0 saturated carbocycles. The molecule has 0 aliphatic rings. The number of ether oxygens (including phenoxy) is 1. The van der Waals surface area contributed by atoms with Crippen molar-refractivity contribution < 1.29 is 4.74 Å². The summed E-state index contributed by atoms with van der Waals surface area (Å²) in [6, 6.07) is 29.0. The molecule has 0 aliphatic carbocycles. The van der Waals surface area contributed by atoms with Crippen LogP contribution in [0, 0.1) is 6.07 Å². The van der Waals surface area contributed by atoms with Gasteiger partial charge in [-0.1, -0.05) is 81.4 Å². The molecule has 3 rings (SSSR count).